The number of rotatable bonds is 6. The van der Waals surface area contributed by atoms with Crippen molar-refractivity contribution in [2.24, 2.45) is 0 Å². The van der Waals surface area contributed by atoms with Crippen LogP contribution in [0.2, 0.25) is 0 Å². The van der Waals surface area contributed by atoms with Gasteiger partial charge in [-0.15, -0.1) is 0 Å². The monoisotopic (exact) mass is 358 g/mol. The molecule has 3 heterocycles. The van der Waals surface area contributed by atoms with Crippen molar-refractivity contribution >= 4 is 16.4 Å². The molecule has 0 saturated heterocycles. The summed E-state index contributed by atoms with van der Waals surface area (Å²) >= 11 is 0. The summed E-state index contributed by atoms with van der Waals surface area (Å²) in [6.07, 6.45) is 5.75. The molecule has 0 aliphatic rings. The molecule has 136 valence electrons. The first-order chi connectivity index (χ1) is 13.3. The van der Waals surface area contributed by atoms with Crippen molar-refractivity contribution in [1.82, 2.24) is 14.0 Å². The summed E-state index contributed by atoms with van der Waals surface area (Å²) in [4.78, 5) is 4.69. The topological polar surface area (TPSA) is 55.2 Å². The van der Waals surface area contributed by atoms with Crippen LogP contribution in [0.3, 0.4) is 0 Å². The summed E-state index contributed by atoms with van der Waals surface area (Å²) < 4.78 is 10.3. The quantitative estimate of drug-likeness (QED) is 0.514. The van der Waals surface area contributed by atoms with Gasteiger partial charge in [-0.1, -0.05) is 25.1 Å². The van der Waals surface area contributed by atoms with E-state index in [0.717, 1.165) is 53.1 Å². The first-order valence-corrected chi connectivity index (χ1v) is 9.36. The van der Waals surface area contributed by atoms with Crippen molar-refractivity contribution < 1.29 is 4.74 Å². The fourth-order valence-electron chi connectivity index (χ4n) is 3.64. The van der Waals surface area contributed by atoms with E-state index in [-0.39, 0.29) is 0 Å². The van der Waals surface area contributed by atoms with E-state index in [1.165, 1.54) is 0 Å². The van der Waals surface area contributed by atoms with Crippen molar-refractivity contribution in [3.8, 4) is 11.8 Å². The molecule has 0 saturated carbocycles. The van der Waals surface area contributed by atoms with Crippen LogP contribution < -0.4 is 4.74 Å². The van der Waals surface area contributed by atoms with Gasteiger partial charge in [0.15, 0.2) is 0 Å². The van der Waals surface area contributed by atoms with Gasteiger partial charge in [0.1, 0.15) is 23.2 Å². The Bertz CT molecular complexity index is 1120. The highest BCUT2D eigenvalue weighted by Gasteiger charge is 2.15. The molecule has 3 aromatic heterocycles. The molecular formula is C22H22N4O. The van der Waals surface area contributed by atoms with Crippen LogP contribution in [0.1, 0.15) is 30.9 Å². The van der Waals surface area contributed by atoms with E-state index >= 15 is 0 Å². The minimum atomic E-state index is 0.524. The van der Waals surface area contributed by atoms with Gasteiger partial charge in [0.25, 0.3) is 0 Å². The number of fused-ring (bicyclic) bond motifs is 3. The van der Waals surface area contributed by atoms with E-state index in [1.54, 1.807) is 0 Å². The maximum Gasteiger partial charge on any atom is 0.144 e. The number of nitriles is 1. The molecule has 0 fully saturated rings. The van der Waals surface area contributed by atoms with E-state index in [2.05, 4.69) is 35.7 Å². The molecule has 0 amide bonds. The summed E-state index contributed by atoms with van der Waals surface area (Å²) in [5.74, 6) is 1.84. The Kier molecular flexibility index (Phi) is 4.55. The molecule has 4 rings (SSSR count). The fourth-order valence-corrected chi connectivity index (χ4v) is 3.64. The number of aryl methyl sites for hydroxylation is 2. The number of hydrogen-bond donors (Lipinski definition) is 0. The minimum absolute atomic E-state index is 0.524. The number of aromatic nitrogens is 3. The molecule has 0 radical (unpaired) electrons. The number of ether oxygens (including phenoxy) is 1. The van der Waals surface area contributed by atoms with Gasteiger partial charge in [0.05, 0.1) is 23.4 Å². The highest BCUT2D eigenvalue weighted by molar-refractivity contribution is 5.97. The molecule has 0 N–H and O–H groups in total. The van der Waals surface area contributed by atoms with Crippen LogP contribution in [0.5, 0.6) is 5.75 Å². The number of benzene rings is 1. The molecule has 1 aromatic carbocycles. The third-order valence-electron chi connectivity index (χ3n) is 4.92. The Balaban J connectivity index is 1.63. The highest BCUT2D eigenvalue weighted by atomic mass is 16.5. The van der Waals surface area contributed by atoms with Crippen molar-refractivity contribution in [2.45, 2.75) is 33.2 Å². The number of para-hydroxylation sites is 1. The van der Waals surface area contributed by atoms with Crippen LogP contribution in [-0.2, 0) is 19.4 Å². The van der Waals surface area contributed by atoms with Gasteiger partial charge < -0.3 is 13.7 Å². The summed E-state index contributed by atoms with van der Waals surface area (Å²) in [6, 6.07) is 14.2. The highest BCUT2D eigenvalue weighted by Crippen LogP contribution is 2.32. The summed E-state index contributed by atoms with van der Waals surface area (Å²) in [6.45, 7) is 5.70. The van der Waals surface area contributed by atoms with Crippen LogP contribution in [0, 0.1) is 11.3 Å². The second-order valence-electron chi connectivity index (χ2n) is 6.48. The van der Waals surface area contributed by atoms with Crippen molar-refractivity contribution in [3.63, 3.8) is 0 Å². The molecule has 0 atom stereocenters. The largest absolute Gasteiger partial charge is 0.491 e. The summed E-state index contributed by atoms with van der Waals surface area (Å²) in [7, 11) is 0. The smallest absolute Gasteiger partial charge is 0.144 e. The van der Waals surface area contributed by atoms with Crippen LogP contribution in [0.15, 0.2) is 48.8 Å². The third kappa shape index (κ3) is 2.93. The molecule has 5 heteroatoms. The average molecular weight is 358 g/mol. The molecule has 4 aromatic rings. The first-order valence-electron chi connectivity index (χ1n) is 9.36. The lowest BCUT2D eigenvalue weighted by atomic mass is 10.1. The maximum atomic E-state index is 9.71. The third-order valence-corrected chi connectivity index (χ3v) is 4.92. The van der Waals surface area contributed by atoms with Crippen LogP contribution in [-0.4, -0.2) is 20.6 Å². The van der Waals surface area contributed by atoms with E-state index in [0.29, 0.717) is 12.2 Å². The van der Waals surface area contributed by atoms with Gasteiger partial charge in [-0.25, -0.2) is 4.98 Å². The van der Waals surface area contributed by atoms with E-state index in [9.17, 15) is 5.26 Å². The molecule has 27 heavy (non-hydrogen) atoms. The average Bonchev–Trinajstić information content (AvgIpc) is 3.26. The molecule has 0 aliphatic carbocycles. The van der Waals surface area contributed by atoms with Crippen molar-refractivity contribution in [1.29, 1.82) is 5.26 Å². The maximum absolute atomic E-state index is 9.71. The molecule has 0 bridgehead atoms. The Labute approximate surface area is 158 Å². The van der Waals surface area contributed by atoms with Gasteiger partial charge in [0, 0.05) is 37.2 Å². The van der Waals surface area contributed by atoms with Gasteiger partial charge >= 0.3 is 0 Å². The summed E-state index contributed by atoms with van der Waals surface area (Å²) in [5.41, 5.74) is 3.55. The minimum Gasteiger partial charge on any atom is -0.491 e. The van der Waals surface area contributed by atoms with Gasteiger partial charge in [0.2, 0.25) is 0 Å². The predicted octanol–water partition coefficient (Wildman–Crippen LogP) is 4.36. The van der Waals surface area contributed by atoms with Gasteiger partial charge in [-0.05, 0) is 25.1 Å². The SMILES string of the molecule is CCc1nc(CCOc2cccn3c2c(C#N)c2ccccc23)cn1CC. The van der Waals surface area contributed by atoms with Gasteiger partial charge in [-0.3, -0.25) is 0 Å². The first kappa shape index (κ1) is 17.2. The van der Waals surface area contributed by atoms with E-state index < -0.39 is 0 Å². The fraction of sp³-hybridized carbons (Fsp3) is 0.273. The standard InChI is InChI=1S/C22H22N4O/c1-3-21-24-16(15-25(21)4-2)11-13-27-20-10-7-12-26-19-9-6-5-8-17(19)18(14-23)22(20)26/h5-10,12,15H,3-4,11,13H2,1-2H3. The van der Waals surface area contributed by atoms with E-state index in [4.69, 9.17) is 4.74 Å². The molecule has 0 unspecified atom stereocenters. The zero-order chi connectivity index (χ0) is 18.8. The van der Waals surface area contributed by atoms with E-state index in [1.807, 2.05) is 47.0 Å². The zero-order valence-corrected chi connectivity index (χ0v) is 15.6. The Hall–Kier alpha value is -3.26. The van der Waals surface area contributed by atoms with Crippen LogP contribution in [0.25, 0.3) is 16.4 Å². The lowest BCUT2D eigenvalue weighted by molar-refractivity contribution is 0.323. The molecule has 0 aliphatic heterocycles. The number of hydrogen-bond acceptors (Lipinski definition) is 3. The second-order valence-corrected chi connectivity index (χ2v) is 6.48. The predicted molar refractivity (Wildman–Crippen MR) is 106 cm³/mol. The molecule has 0 spiro atoms. The number of nitrogens with zero attached hydrogens (tertiary/aromatic N) is 4. The molecule has 5 nitrogen and oxygen atoms in total. The Morgan fingerprint density at radius 1 is 1.15 bits per heavy atom. The lowest BCUT2D eigenvalue weighted by Crippen LogP contribution is -2.03. The second kappa shape index (κ2) is 7.16. The molecular weight excluding hydrogens is 336 g/mol. The summed E-state index contributed by atoms with van der Waals surface area (Å²) in [5, 5.41) is 10.7. The van der Waals surface area contributed by atoms with Crippen molar-refractivity contribution in [3.05, 3.63) is 65.9 Å². The number of imidazole rings is 1. The number of pyridine rings is 1. The normalized spacial score (nSPS) is 11.1. The Morgan fingerprint density at radius 2 is 2.00 bits per heavy atom. The van der Waals surface area contributed by atoms with Crippen LogP contribution in [0.4, 0.5) is 0 Å². The Morgan fingerprint density at radius 3 is 2.74 bits per heavy atom. The van der Waals surface area contributed by atoms with Crippen molar-refractivity contribution in [2.75, 3.05) is 6.61 Å². The van der Waals surface area contributed by atoms with Gasteiger partial charge in [-0.2, -0.15) is 5.26 Å². The lowest BCUT2D eigenvalue weighted by Gasteiger charge is -2.08. The van der Waals surface area contributed by atoms with Crippen LogP contribution >= 0.6 is 0 Å². The zero-order valence-electron chi connectivity index (χ0n) is 15.6.